The van der Waals surface area contributed by atoms with Gasteiger partial charge in [-0.25, -0.2) is 4.79 Å². The van der Waals surface area contributed by atoms with Crippen molar-refractivity contribution in [1.82, 2.24) is 15.1 Å². The molecule has 0 radical (unpaired) electrons. The Balaban J connectivity index is 1.25. The Labute approximate surface area is 254 Å². The molecule has 2 saturated heterocycles. The van der Waals surface area contributed by atoms with Crippen molar-refractivity contribution in [2.24, 2.45) is 5.92 Å². The number of piperazine rings is 1. The summed E-state index contributed by atoms with van der Waals surface area (Å²) < 4.78 is 18.3. The van der Waals surface area contributed by atoms with Gasteiger partial charge in [-0.15, -0.1) is 0 Å². The fourth-order valence-corrected chi connectivity index (χ4v) is 5.71. The van der Waals surface area contributed by atoms with Crippen LogP contribution in [0.25, 0.3) is 0 Å². The fourth-order valence-electron chi connectivity index (χ4n) is 5.71. The van der Waals surface area contributed by atoms with Gasteiger partial charge >= 0.3 is 6.09 Å². The predicted octanol–water partition coefficient (Wildman–Crippen LogP) is 5.20. The summed E-state index contributed by atoms with van der Waals surface area (Å²) in [6.45, 7) is 12.2. The first-order chi connectivity index (χ1) is 21.0. The molecule has 8 heteroatoms. The van der Waals surface area contributed by atoms with Gasteiger partial charge in [0.25, 0.3) is 0 Å². The SMILES string of the molecule is C=CCOC(=O)NCc1ccc([C@@H]2O[C@H](CN3CCN(Cc4ccccc4)CC3)[C@H](C)[C@H](c3ccc(CO)cc3)O2)cc1. The second kappa shape index (κ2) is 15.3. The molecular formula is C35H43N3O5. The van der Waals surface area contributed by atoms with E-state index in [1.807, 2.05) is 36.4 Å². The number of nitrogens with zero attached hydrogens (tertiary/aromatic N) is 2. The van der Waals surface area contributed by atoms with Gasteiger partial charge in [-0.3, -0.25) is 9.80 Å². The van der Waals surface area contributed by atoms with Crippen LogP contribution in [0.2, 0.25) is 0 Å². The quantitative estimate of drug-likeness (QED) is 0.299. The van der Waals surface area contributed by atoms with Crippen molar-refractivity contribution in [3.8, 4) is 0 Å². The van der Waals surface area contributed by atoms with Gasteiger partial charge in [-0.05, 0) is 22.3 Å². The van der Waals surface area contributed by atoms with Gasteiger partial charge < -0.3 is 24.6 Å². The van der Waals surface area contributed by atoms with Crippen LogP contribution >= 0.6 is 0 Å². The molecule has 2 aliphatic heterocycles. The molecule has 2 aliphatic rings. The summed E-state index contributed by atoms with van der Waals surface area (Å²) in [5.41, 5.74) is 5.19. The van der Waals surface area contributed by atoms with Crippen molar-refractivity contribution in [2.45, 2.75) is 45.1 Å². The zero-order chi connectivity index (χ0) is 30.0. The van der Waals surface area contributed by atoms with Gasteiger partial charge in [0.05, 0.1) is 18.8 Å². The third-order valence-electron chi connectivity index (χ3n) is 8.30. The number of hydrogen-bond donors (Lipinski definition) is 2. The molecule has 5 rings (SSSR count). The Bertz CT molecular complexity index is 1290. The molecule has 2 heterocycles. The van der Waals surface area contributed by atoms with Crippen LogP contribution in [0, 0.1) is 5.92 Å². The lowest BCUT2D eigenvalue weighted by molar-refractivity contribution is -0.276. The zero-order valence-electron chi connectivity index (χ0n) is 24.9. The van der Waals surface area contributed by atoms with E-state index in [1.54, 1.807) is 0 Å². The van der Waals surface area contributed by atoms with Crippen LogP contribution in [0.3, 0.4) is 0 Å². The number of alkyl carbamates (subject to hydrolysis) is 1. The van der Waals surface area contributed by atoms with Crippen LogP contribution in [0.5, 0.6) is 0 Å². The van der Waals surface area contributed by atoms with Crippen molar-refractivity contribution in [3.05, 3.63) is 119 Å². The summed E-state index contributed by atoms with van der Waals surface area (Å²) in [5.74, 6) is 0.128. The largest absolute Gasteiger partial charge is 0.445 e. The molecule has 228 valence electrons. The smallest absolute Gasteiger partial charge is 0.407 e. The van der Waals surface area contributed by atoms with Gasteiger partial charge in [0, 0.05) is 57.3 Å². The first-order valence-electron chi connectivity index (χ1n) is 15.1. The maximum absolute atomic E-state index is 11.8. The monoisotopic (exact) mass is 585 g/mol. The third kappa shape index (κ3) is 8.53. The summed E-state index contributed by atoms with van der Waals surface area (Å²) in [7, 11) is 0. The van der Waals surface area contributed by atoms with Crippen LogP contribution in [-0.4, -0.2) is 66.4 Å². The second-order valence-corrected chi connectivity index (χ2v) is 11.4. The first-order valence-corrected chi connectivity index (χ1v) is 15.1. The van der Waals surface area contributed by atoms with Crippen LogP contribution in [0.15, 0.2) is 91.5 Å². The van der Waals surface area contributed by atoms with Crippen molar-refractivity contribution in [1.29, 1.82) is 0 Å². The number of ether oxygens (including phenoxy) is 3. The Hall–Kier alpha value is -3.53. The fraction of sp³-hybridized carbons (Fsp3) is 0.400. The number of hydrogen-bond acceptors (Lipinski definition) is 7. The Kier molecular flexibility index (Phi) is 11.0. The van der Waals surface area contributed by atoms with Crippen molar-refractivity contribution < 1.29 is 24.1 Å². The molecule has 0 spiro atoms. The molecule has 0 aromatic heterocycles. The summed E-state index contributed by atoms with van der Waals surface area (Å²) >= 11 is 0. The molecule has 8 nitrogen and oxygen atoms in total. The van der Waals surface area contributed by atoms with E-state index in [4.69, 9.17) is 14.2 Å². The number of carbonyl (C=O) groups is 1. The normalized spacial score (nSPS) is 23.0. The molecule has 0 bridgehead atoms. The standard InChI is InChI=1S/C35H43N3O5/c1-3-21-41-35(40)36-22-27-9-15-31(16-10-27)34-42-32(26(2)33(43-34)30-13-11-29(25-39)12-14-30)24-38-19-17-37(18-20-38)23-28-7-5-4-6-8-28/h3-16,26,32-34,39H,1,17-25H2,2H3,(H,36,40)/t26-,32+,33+,34+/m0/s1. The lowest BCUT2D eigenvalue weighted by Gasteiger charge is -2.44. The second-order valence-electron chi connectivity index (χ2n) is 11.4. The molecular weight excluding hydrogens is 542 g/mol. The Morgan fingerprint density at radius 2 is 1.56 bits per heavy atom. The van der Waals surface area contributed by atoms with Crippen LogP contribution < -0.4 is 5.32 Å². The minimum absolute atomic E-state index is 0.0130. The van der Waals surface area contributed by atoms with E-state index in [0.29, 0.717) is 6.54 Å². The highest BCUT2D eigenvalue weighted by atomic mass is 16.7. The van der Waals surface area contributed by atoms with Crippen LogP contribution in [0.1, 0.15) is 47.1 Å². The molecule has 1 amide bonds. The van der Waals surface area contributed by atoms with E-state index in [9.17, 15) is 9.90 Å². The molecule has 43 heavy (non-hydrogen) atoms. The van der Waals surface area contributed by atoms with Crippen LogP contribution in [-0.2, 0) is 33.9 Å². The van der Waals surface area contributed by atoms with Gasteiger partial charge in [0.15, 0.2) is 6.29 Å². The number of amides is 1. The zero-order valence-corrected chi connectivity index (χ0v) is 24.9. The van der Waals surface area contributed by atoms with E-state index in [-0.39, 0.29) is 31.3 Å². The molecule has 3 aromatic rings. The molecule has 2 fully saturated rings. The highest BCUT2D eigenvalue weighted by Crippen LogP contribution is 2.42. The van der Waals surface area contributed by atoms with Gasteiger partial charge in [-0.2, -0.15) is 0 Å². The minimum Gasteiger partial charge on any atom is -0.445 e. The first kappa shape index (κ1) is 30.9. The minimum atomic E-state index is -0.525. The van der Waals surface area contributed by atoms with E-state index >= 15 is 0 Å². The Morgan fingerprint density at radius 1 is 0.907 bits per heavy atom. The van der Waals surface area contributed by atoms with Gasteiger partial charge in [-0.1, -0.05) is 98.4 Å². The number of aliphatic hydroxyl groups excluding tert-OH is 1. The number of rotatable bonds is 11. The number of nitrogens with one attached hydrogen (secondary N) is 1. The van der Waals surface area contributed by atoms with E-state index in [2.05, 4.69) is 71.1 Å². The molecule has 3 aromatic carbocycles. The van der Waals surface area contributed by atoms with Gasteiger partial charge in [0.2, 0.25) is 0 Å². The molecule has 0 aliphatic carbocycles. The average molecular weight is 586 g/mol. The molecule has 4 atom stereocenters. The maximum atomic E-state index is 11.8. The number of benzene rings is 3. The third-order valence-corrected chi connectivity index (χ3v) is 8.30. The predicted molar refractivity (Wildman–Crippen MR) is 166 cm³/mol. The van der Waals surface area contributed by atoms with Crippen LogP contribution in [0.4, 0.5) is 4.79 Å². The lowest BCUT2D eigenvalue weighted by Crippen LogP contribution is -2.51. The topological polar surface area (TPSA) is 83.5 Å². The van der Waals surface area contributed by atoms with Crippen molar-refractivity contribution in [2.75, 3.05) is 39.3 Å². The molecule has 0 unspecified atom stereocenters. The van der Waals surface area contributed by atoms with E-state index in [1.165, 1.54) is 11.6 Å². The maximum Gasteiger partial charge on any atom is 0.407 e. The van der Waals surface area contributed by atoms with E-state index < -0.39 is 12.4 Å². The summed E-state index contributed by atoms with van der Waals surface area (Å²) in [6, 6.07) is 26.6. The van der Waals surface area contributed by atoms with Crippen molar-refractivity contribution >= 4 is 6.09 Å². The molecule has 0 saturated carbocycles. The van der Waals surface area contributed by atoms with E-state index in [0.717, 1.165) is 61.5 Å². The summed E-state index contributed by atoms with van der Waals surface area (Å²) in [5, 5.41) is 12.3. The molecule has 2 N–H and O–H groups in total. The lowest BCUT2D eigenvalue weighted by atomic mass is 9.90. The Morgan fingerprint density at radius 3 is 2.23 bits per heavy atom. The summed E-state index contributed by atoms with van der Waals surface area (Å²) in [6.07, 6.45) is 0.352. The van der Waals surface area contributed by atoms with Crippen molar-refractivity contribution in [3.63, 3.8) is 0 Å². The average Bonchev–Trinajstić information content (AvgIpc) is 3.05. The summed E-state index contributed by atoms with van der Waals surface area (Å²) in [4.78, 5) is 16.8. The number of aliphatic hydroxyl groups is 1. The number of carbonyl (C=O) groups excluding carboxylic acids is 1. The highest BCUT2D eigenvalue weighted by Gasteiger charge is 2.39. The highest BCUT2D eigenvalue weighted by molar-refractivity contribution is 5.67. The van der Waals surface area contributed by atoms with Gasteiger partial charge in [0.1, 0.15) is 6.61 Å².